The summed E-state index contributed by atoms with van der Waals surface area (Å²) in [6, 6.07) is 10.3. The number of nitrogens with one attached hydrogen (secondary N) is 1. The molecule has 1 N–H and O–H groups in total. The number of thioether (sulfide) groups is 1. The molecule has 0 amide bonds. The average Bonchev–Trinajstić information content (AvgIpc) is 2.56. The summed E-state index contributed by atoms with van der Waals surface area (Å²) in [5, 5.41) is 0. The summed E-state index contributed by atoms with van der Waals surface area (Å²) >= 11 is 1.90. The van der Waals surface area contributed by atoms with Crippen molar-refractivity contribution in [1.29, 1.82) is 0 Å². The van der Waals surface area contributed by atoms with Crippen molar-refractivity contribution in [2.24, 2.45) is 0 Å². The molecule has 0 aliphatic carbocycles. The van der Waals surface area contributed by atoms with E-state index < -0.39 is 10.0 Å². The summed E-state index contributed by atoms with van der Waals surface area (Å²) in [4.78, 5) is 6.77. The maximum Gasteiger partial charge on any atom is 0.262 e. The molecule has 7 heteroatoms. The molecular formula is C16H19N3O2S2. The molecule has 2 aromatic rings. The van der Waals surface area contributed by atoms with Gasteiger partial charge < -0.3 is 4.90 Å². The fraction of sp³-hybridized carbons (Fsp3) is 0.312. The lowest BCUT2D eigenvalue weighted by molar-refractivity contribution is 0.601. The maximum atomic E-state index is 12.6. The molecule has 3 rings (SSSR count). The minimum absolute atomic E-state index is 0.257. The molecule has 0 unspecified atom stereocenters. The van der Waals surface area contributed by atoms with Gasteiger partial charge in [0.1, 0.15) is 0 Å². The minimum Gasteiger partial charge on any atom is -0.353 e. The summed E-state index contributed by atoms with van der Waals surface area (Å²) in [6.07, 6.45) is 1.70. The van der Waals surface area contributed by atoms with Gasteiger partial charge in [-0.05, 0) is 31.2 Å². The zero-order valence-electron chi connectivity index (χ0n) is 12.9. The highest BCUT2D eigenvalue weighted by atomic mass is 32.2. The van der Waals surface area contributed by atoms with E-state index in [-0.39, 0.29) is 4.90 Å². The molecule has 1 aliphatic rings. The van der Waals surface area contributed by atoms with Crippen LogP contribution in [0.2, 0.25) is 0 Å². The van der Waals surface area contributed by atoms with E-state index in [1.165, 1.54) is 0 Å². The molecule has 2 heterocycles. The molecule has 1 aromatic heterocycles. The summed E-state index contributed by atoms with van der Waals surface area (Å²) < 4.78 is 27.9. The van der Waals surface area contributed by atoms with Crippen LogP contribution in [-0.2, 0) is 10.0 Å². The van der Waals surface area contributed by atoms with E-state index >= 15 is 0 Å². The van der Waals surface area contributed by atoms with Crippen molar-refractivity contribution in [3.63, 3.8) is 0 Å². The SMILES string of the molecule is Cc1ccc(S(=O)(=O)Nc2cccnc2N2CCSCC2)cc1. The van der Waals surface area contributed by atoms with E-state index in [0.29, 0.717) is 11.5 Å². The zero-order valence-corrected chi connectivity index (χ0v) is 14.5. The van der Waals surface area contributed by atoms with Gasteiger partial charge in [0.2, 0.25) is 0 Å². The first-order valence-electron chi connectivity index (χ1n) is 7.43. The second-order valence-corrected chi connectivity index (χ2v) is 8.30. The Kier molecular flexibility index (Phi) is 4.77. The van der Waals surface area contributed by atoms with Crippen molar-refractivity contribution in [3.8, 4) is 0 Å². The van der Waals surface area contributed by atoms with Gasteiger partial charge in [-0.1, -0.05) is 17.7 Å². The highest BCUT2D eigenvalue weighted by Gasteiger charge is 2.20. The monoisotopic (exact) mass is 349 g/mol. The first-order valence-corrected chi connectivity index (χ1v) is 10.1. The number of rotatable bonds is 4. The van der Waals surface area contributed by atoms with Gasteiger partial charge in [-0.25, -0.2) is 13.4 Å². The van der Waals surface area contributed by atoms with Crippen molar-refractivity contribution >= 4 is 33.3 Å². The van der Waals surface area contributed by atoms with Crippen molar-refractivity contribution < 1.29 is 8.42 Å². The van der Waals surface area contributed by atoms with Gasteiger partial charge in [-0.15, -0.1) is 0 Å². The third kappa shape index (κ3) is 3.79. The number of nitrogens with zero attached hydrogens (tertiary/aromatic N) is 2. The number of aryl methyl sites for hydroxylation is 1. The quantitative estimate of drug-likeness (QED) is 0.920. The number of sulfonamides is 1. The van der Waals surface area contributed by atoms with E-state index in [1.807, 2.05) is 18.7 Å². The van der Waals surface area contributed by atoms with Gasteiger partial charge in [-0.3, -0.25) is 4.72 Å². The Morgan fingerprint density at radius 1 is 1.13 bits per heavy atom. The molecule has 1 saturated heterocycles. The van der Waals surface area contributed by atoms with Gasteiger partial charge in [0.25, 0.3) is 10.0 Å². The third-order valence-electron chi connectivity index (χ3n) is 3.67. The van der Waals surface area contributed by atoms with E-state index in [1.54, 1.807) is 42.6 Å². The van der Waals surface area contributed by atoms with E-state index in [9.17, 15) is 8.42 Å². The van der Waals surface area contributed by atoms with Gasteiger partial charge in [-0.2, -0.15) is 11.8 Å². The Morgan fingerprint density at radius 3 is 2.52 bits per heavy atom. The Balaban J connectivity index is 1.89. The van der Waals surface area contributed by atoms with Crippen molar-refractivity contribution in [2.75, 3.05) is 34.2 Å². The Bertz CT molecular complexity index is 770. The second kappa shape index (κ2) is 6.80. The average molecular weight is 349 g/mol. The third-order valence-corrected chi connectivity index (χ3v) is 6.00. The fourth-order valence-electron chi connectivity index (χ4n) is 2.42. The van der Waals surface area contributed by atoms with Crippen LogP contribution in [0.1, 0.15) is 5.56 Å². The van der Waals surface area contributed by atoms with Crippen LogP contribution in [0.25, 0.3) is 0 Å². The number of benzene rings is 1. The van der Waals surface area contributed by atoms with Gasteiger partial charge in [0.15, 0.2) is 5.82 Å². The molecule has 0 radical (unpaired) electrons. The molecule has 1 aromatic carbocycles. The molecule has 23 heavy (non-hydrogen) atoms. The first kappa shape index (κ1) is 16.1. The van der Waals surface area contributed by atoms with Crippen LogP contribution in [-0.4, -0.2) is 38.0 Å². The van der Waals surface area contributed by atoms with Gasteiger partial charge in [0, 0.05) is 30.8 Å². The molecule has 0 saturated carbocycles. The summed E-state index contributed by atoms with van der Waals surface area (Å²) in [6.45, 7) is 3.68. The Labute approximate surface area is 141 Å². The second-order valence-electron chi connectivity index (χ2n) is 5.39. The predicted molar refractivity (Wildman–Crippen MR) is 95.8 cm³/mol. The summed E-state index contributed by atoms with van der Waals surface area (Å²) in [7, 11) is -3.61. The summed E-state index contributed by atoms with van der Waals surface area (Å²) in [5.41, 5.74) is 1.55. The zero-order chi connectivity index (χ0) is 16.3. The summed E-state index contributed by atoms with van der Waals surface area (Å²) in [5.74, 6) is 2.75. The Hall–Kier alpha value is -1.73. The van der Waals surface area contributed by atoms with Gasteiger partial charge in [0.05, 0.1) is 10.6 Å². The molecule has 5 nitrogen and oxygen atoms in total. The number of hydrogen-bond acceptors (Lipinski definition) is 5. The number of aromatic nitrogens is 1. The minimum atomic E-state index is -3.61. The van der Waals surface area contributed by atoms with Crippen LogP contribution in [0, 0.1) is 6.92 Å². The molecule has 122 valence electrons. The van der Waals surface area contributed by atoms with E-state index in [2.05, 4.69) is 14.6 Å². The highest BCUT2D eigenvalue weighted by molar-refractivity contribution is 7.99. The molecule has 0 atom stereocenters. The standard InChI is InChI=1S/C16H19N3O2S2/c1-13-4-6-14(7-5-13)23(20,21)18-15-3-2-8-17-16(15)19-9-11-22-12-10-19/h2-8,18H,9-12H2,1H3. The van der Waals surface area contributed by atoms with Crippen LogP contribution in [0.15, 0.2) is 47.5 Å². The molecule has 1 aliphatic heterocycles. The smallest absolute Gasteiger partial charge is 0.262 e. The van der Waals surface area contributed by atoms with Crippen molar-refractivity contribution in [2.45, 2.75) is 11.8 Å². The van der Waals surface area contributed by atoms with Crippen LogP contribution >= 0.6 is 11.8 Å². The van der Waals surface area contributed by atoms with Crippen LogP contribution < -0.4 is 9.62 Å². The van der Waals surface area contributed by atoms with Crippen LogP contribution in [0.3, 0.4) is 0 Å². The van der Waals surface area contributed by atoms with Crippen molar-refractivity contribution in [3.05, 3.63) is 48.2 Å². The largest absolute Gasteiger partial charge is 0.353 e. The van der Waals surface area contributed by atoms with Gasteiger partial charge >= 0.3 is 0 Å². The first-order chi connectivity index (χ1) is 11.1. The Morgan fingerprint density at radius 2 is 1.83 bits per heavy atom. The van der Waals surface area contributed by atoms with Crippen LogP contribution in [0.4, 0.5) is 11.5 Å². The molecular weight excluding hydrogens is 330 g/mol. The predicted octanol–water partition coefficient (Wildman–Crippen LogP) is 2.74. The molecule has 1 fully saturated rings. The normalized spacial score (nSPS) is 15.4. The number of hydrogen-bond donors (Lipinski definition) is 1. The highest BCUT2D eigenvalue weighted by Crippen LogP contribution is 2.27. The van der Waals surface area contributed by atoms with E-state index in [0.717, 1.165) is 30.2 Å². The topological polar surface area (TPSA) is 62.3 Å². The number of pyridine rings is 1. The lowest BCUT2D eigenvalue weighted by Crippen LogP contribution is -2.34. The van der Waals surface area contributed by atoms with Crippen LogP contribution in [0.5, 0.6) is 0 Å². The number of anilines is 2. The molecule has 0 bridgehead atoms. The lowest BCUT2D eigenvalue weighted by atomic mass is 10.2. The molecule has 0 spiro atoms. The van der Waals surface area contributed by atoms with Crippen molar-refractivity contribution in [1.82, 2.24) is 4.98 Å². The lowest BCUT2D eigenvalue weighted by Gasteiger charge is -2.29. The fourth-order valence-corrected chi connectivity index (χ4v) is 4.39. The maximum absolute atomic E-state index is 12.6. The van der Waals surface area contributed by atoms with E-state index in [4.69, 9.17) is 0 Å².